The highest BCUT2D eigenvalue weighted by Crippen LogP contribution is 2.39. The number of benzene rings is 4. The van der Waals surface area contributed by atoms with Crippen LogP contribution in [0.15, 0.2) is 150 Å². The summed E-state index contributed by atoms with van der Waals surface area (Å²) in [6.45, 7) is 6.79. The van der Waals surface area contributed by atoms with Crippen LogP contribution in [0.1, 0.15) is 35.2 Å². The largest absolute Gasteiger partial charge is 0.370 e. The topological polar surface area (TPSA) is 27.6 Å². The molecular formula is C36H31N3. The number of fused-ring (bicyclic) bond motifs is 2. The van der Waals surface area contributed by atoms with E-state index in [-0.39, 0.29) is 6.04 Å². The number of anilines is 1. The summed E-state index contributed by atoms with van der Waals surface area (Å²) in [5.41, 5.74) is 9.92. The predicted octanol–water partition coefficient (Wildman–Crippen LogP) is 8.96. The average molecular weight is 506 g/mol. The number of hydrogen-bond donors (Lipinski definition) is 1. The van der Waals surface area contributed by atoms with E-state index in [1.165, 1.54) is 16.7 Å². The van der Waals surface area contributed by atoms with E-state index in [0.717, 1.165) is 46.2 Å². The minimum absolute atomic E-state index is 0.151. The van der Waals surface area contributed by atoms with E-state index < -0.39 is 0 Å². The van der Waals surface area contributed by atoms with Crippen LogP contribution < -0.4 is 5.32 Å². The predicted molar refractivity (Wildman–Crippen MR) is 165 cm³/mol. The Bertz CT molecular complexity index is 1620. The first-order chi connectivity index (χ1) is 19.2. The third-order valence-corrected chi connectivity index (χ3v) is 7.22. The Morgan fingerprint density at radius 3 is 2.31 bits per heavy atom. The molecule has 0 spiro atoms. The summed E-state index contributed by atoms with van der Waals surface area (Å²) in [4.78, 5) is 7.52. The molecule has 39 heavy (non-hydrogen) atoms. The number of nitrogens with zero attached hydrogens (tertiary/aromatic N) is 2. The van der Waals surface area contributed by atoms with Gasteiger partial charge in [0.15, 0.2) is 0 Å². The Morgan fingerprint density at radius 2 is 1.49 bits per heavy atom. The lowest BCUT2D eigenvalue weighted by atomic mass is 9.98. The second kappa shape index (κ2) is 10.8. The van der Waals surface area contributed by atoms with Crippen LogP contribution >= 0.6 is 0 Å². The zero-order chi connectivity index (χ0) is 26.6. The van der Waals surface area contributed by atoms with E-state index in [1.807, 2.05) is 24.3 Å². The fourth-order valence-electron chi connectivity index (χ4n) is 5.22. The Labute approximate surface area is 230 Å². The van der Waals surface area contributed by atoms with Crippen LogP contribution in [0.3, 0.4) is 0 Å². The molecule has 1 atom stereocenters. The molecule has 4 aromatic carbocycles. The normalized spacial score (nSPS) is 19.7. The molecule has 0 saturated carbocycles. The fraction of sp³-hybridized carbons (Fsp3) is 0.0833. The van der Waals surface area contributed by atoms with E-state index in [2.05, 4.69) is 133 Å². The van der Waals surface area contributed by atoms with E-state index in [4.69, 9.17) is 4.99 Å². The van der Waals surface area contributed by atoms with Crippen molar-refractivity contribution in [2.75, 3.05) is 5.32 Å². The lowest BCUT2D eigenvalue weighted by molar-refractivity contribution is 0.631. The minimum atomic E-state index is -0.151. The third-order valence-electron chi connectivity index (χ3n) is 7.22. The number of para-hydroxylation sites is 2. The maximum absolute atomic E-state index is 5.29. The molecule has 0 bridgehead atoms. The van der Waals surface area contributed by atoms with Crippen LogP contribution in [0, 0.1) is 0 Å². The van der Waals surface area contributed by atoms with Gasteiger partial charge in [0.1, 0.15) is 11.9 Å². The molecule has 1 unspecified atom stereocenters. The monoisotopic (exact) mass is 505 g/mol. The number of rotatable bonds is 3. The van der Waals surface area contributed by atoms with Crippen LogP contribution in [0.2, 0.25) is 0 Å². The molecule has 0 saturated heterocycles. The summed E-state index contributed by atoms with van der Waals surface area (Å²) >= 11 is 0. The lowest BCUT2D eigenvalue weighted by Gasteiger charge is -2.36. The van der Waals surface area contributed by atoms with Gasteiger partial charge in [0.2, 0.25) is 0 Å². The van der Waals surface area contributed by atoms with Crippen LogP contribution in [-0.4, -0.2) is 10.7 Å². The first-order valence-corrected chi connectivity index (χ1v) is 13.3. The second-order valence-electron chi connectivity index (χ2n) is 9.92. The molecule has 3 nitrogen and oxygen atoms in total. The van der Waals surface area contributed by atoms with Gasteiger partial charge in [0, 0.05) is 11.4 Å². The first kappa shape index (κ1) is 24.4. The molecule has 2 aliphatic rings. The summed E-state index contributed by atoms with van der Waals surface area (Å²) in [5.74, 6) is 0.896. The van der Waals surface area contributed by atoms with Crippen LogP contribution in [-0.2, 0) is 6.42 Å². The standard InChI is InChI=1S/C36H31N3/c1-26-25-31-18-10-9-15-29(31)23-21-27(2)39(34(26)24-22-28-13-5-3-6-14-28)36-35(30-16-7-4-8-17-30)37-32-19-11-12-20-33(32)38-36/h3-24,35,37H,2,25H2,1H3/b23-21-,24-22-,34-26-. The zero-order valence-corrected chi connectivity index (χ0v) is 22.1. The van der Waals surface area contributed by atoms with Crippen molar-refractivity contribution in [3.63, 3.8) is 0 Å². The van der Waals surface area contributed by atoms with Crippen molar-refractivity contribution in [2.45, 2.75) is 19.4 Å². The van der Waals surface area contributed by atoms with Gasteiger partial charge in [-0.25, -0.2) is 4.99 Å². The Balaban J connectivity index is 1.56. The molecule has 0 fully saturated rings. The smallest absolute Gasteiger partial charge is 0.141 e. The number of amidine groups is 1. The highest BCUT2D eigenvalue weighted by Gasteiger charge is 2.31. The summed E-state index contributed by atoms with van der Waals surface area (Å²) < 4.78 is 0. The molecule has 0 amide bonds. The average Bonchev–Trinajstić information content (AvgIpc) is 3.03. The summed E-state index contributed by atoms with van der Waals surface area (Å²) in [6, 6.07) is 37.6. The number of aliphatic imine (C=N–C) groups is 1. The van der Waals surface area contributed by atoms with Crippen molar-refractivity contribution < 1.29 is 0 Å². The van der Waals surface area contributed by atoms with Gasteiger partial charge in [-0.2, -0.15) is 0 Å². The molecule has 2 aliphatic heterocycles. The molecule has 1 N–H and O–H groups in total. The van der Waals surface area contributed by atoms with Crippen LogP contribution in [0.4, 0.5) is 11.4 Å². The van der Waals surface area contributed by atoms with E-state index >= 15 is 0 Å². The maximum atomic E-state index is 5.29. The summed E-state index contributed by atoms with van der Waals surface area (Å²) in [7, 11) is 0. The molecule has 0 aliphatic carbocycles. The molecular weight excluding hydrogens is 474 g/mol. The van der Waals surface area contributed by atoms with Gasteiger partial charge in [-0.1, -0.05) is 116 Å². The molecule has 3 heteroatoms. The highest BCUT2D eigenvalue weighted by molar-refractivity contribution is 6.00. The lowest BCUT2D eigenvalue weighted by Crippen LogP contribution is -2.38. The molecule has 0 aromatic heterocycles. The van der Waals surface area contributed by atoms with Crippen LogP contribution in [0.5, 0.6) is 0 Å². The Kier molecular flexibility index (Phi) is 6.80. The highest BCUT2D eigenvalue weighted by atomic mass is 15.3. The molecule has 4 aromatic rings. The van der Waals surface area contributed by atoms with Gasteiger partial charge in [-0.15, -0.1) is 0 Å². The van der Waals surface area contributed by atoms with Crippen molar-refractivity contribution in [1.29, 1.82) is 0 Å². The van der Waals surface area contributed by atoms with Crippen LogP contribution in [0.25, 0.3) is 12.2 Å². The Hall–Kier alpha value is -4.89. The van der Waals surface area contributed by atoms with Gasteiger partial charge >= 0.3 is 0 Å². The van der Waals surface area contributed by atoms with Gasteiger partial charge in [0.25, 0.3) is 0 Å². The third kappa shape index (κ3) is 5.12. The second-order valence-corrected chi connectivity index (χ2v) is 9.92. The summed E-state index contributed by atoms with van der Waals surface area (Å²) in [6.07, 6.45) is 9.49. The van der Waals surface area contributed by atoms with E-state index in [1.54, 1.807) is 0 Å². The first-order valence-electron chi connectivity index (χ1n) is 13.3. The molecule has 2 heterocycles. The quantitative estimate of drug-likeness (QED) is 0.301. The van der Waals surface area contributed by atoms with Gasteiger partial charge in [-0.05, 0) is 65.5 Å². The molecule has 6 rings (SSSR count). The molecule has 190 valence electrons. The van der Waals surface area contributed by atoms with Crippen molar-refractivity contribution in [1.82, 2.24) is 4.90 Å². The molecule has 0 radical (unpaired) electrons. The van der Waals surface area contributed by atoms with Crippen molar-refractivity contribution in [3.05, 3.63) is 167 Å². The summed E-state index contributed by atoms with van der Waals surface area (Å²) in [5, 5.41) is 3.77. The van der Waals surface area contributed by atoms with Gasteiger partial charge < -0.3 is 5.32 Å². The van der Waals surface area contributed by atoms with E-state index in [0.29, 0.717) is 0 Å². The number of nitrogens with one attached hydrogen (secondary N) is 1. The van der Waals surface area contributed by atoms with Crippen molar-refractivity contribution in [2.24, 2.45) is 4.99 Å². The fourth-order valence-corrected chi connectivity index (χ4v) is 5.22. The zero-order valence-electron chi connectivity index (χ0n) is 22.1. The maximum Gasteiger partial charge on any atom is 0.141 e. The Morgan fingerprint density at radius 1 is 0.795 bits per heavy atom. The SMILES string of the molecule is C=C1/C=C\c2ccccc2C/C(C)=C(/C=C\c2ccccc2)N1C1=Nc2ccccc2NC1c1ccccc1. The number of allylic oxidation sites excluding steroid dienone is 3. The van der Waals surface area contributed by atoms with Crippen molar-refractivity contribution >= 4 is 29.4 Å². The van der Waals surface area contributed by atoms with Gasteiger partial charge in [0.05, 0.1) is 11.4 Å². The van der Waals surface area contributed by atoms with E-state index in [9.17, 15) is 0 Å². The van der Waals surface area contributed by atoms with Gasteiger partial charge in [-0.3, -0.25) is 4.90 Å². The van der Waals surface area contributed by atoms with Crippen molar-refractivity contribution in [3.8, 4) is 0 Å². The minimum Gasteiger partial charge on any atom is -0.370 e. The number of hydrogen-bond acceptors (Lipinski definition) is 3.